The number of carbonyl (C=O) groups is 1. The molecule has 1 aromatic heterocycles. The van der Waals surface area contributed by atoms with Crippen molar-refractivity contribution in [3.63, 3.8) is 0 Å². The van der Waals surface area contributed by atoms with Crippen LogP contribution >= 0.6 is 0 Å². The lowest BCUT2D eigenvalue weighted by molar-refractivity contribution is -0.122. The van der Waals surface area contributed by atoms with Crippen LogP contribution in [0.15, 0.2) is 6.07 Å². The molecule has 0 spiro atoms. The Kier molecular flexibility index (Phi) is 3.79. The number of nitriles is 1. The smallest absolute Gasteiger partial charge is 0.246 e. The van der Waals surface area contributed by atoms with Crippen molar-refractivity contribution in [2.75, 3.05) is 5.32 Å². The first-order valence-electron chi connectivity index (χ1n) is 5.46. The first kappa shape index (κ1) is 13.1. The minimum Gasteiger partial charge on any atom is -0.293 e. The number of carbonyl (C=O) groups excluding carboxylic acids is 1. The topological polar surface area (TPSA) is 78.7 Å². The van der Waals surface area contributed by atoms with Gasteiger partial charge in [0, 0.05) is 11.4 Å². The molecule has 1 heterocycles. The Balaban J connectivity index is 2.92. The maximum absolute atomic E-state index is 11.9. The normalized spacial score (nSPS) is 13.6. The van der Waals surface area contributed by atoms with E-state index in [1.54, 1.807) is 13.8 Å². The number of anilines is 1. The fraction of sp³-hybridized carbons (Fsp3) is 0.500. The molecule has 1 aromatic rings. The van der Waals surface area contributed by atoms with Gasteiger partial charge in [0.25, 0.3) is 0 Å². The van der Waals surface area contributed by atoms with Crippen LogP contribution in [0.3, 0.4) is 0 Å². The summed E-state index contributed by atoms with van der Waals surface area (Å²) in [6.07, 6.45) is 0.445. The van der Waals surface area contributed by atoms with Crippen molar-refractivity contribution in [3.05, 3.63) is 17.5 Å². The summed E-state index contributed by atoms with van der Waals surface area (Å²) in [6, 6.07) is 3.83. The van der Waals surface area contributed by atoms with Crippen LogP contribution in [0, 0.1) is 30.6 Å². The summed E-state index contributed by atoms with van der Waals surface area (Å²) in [5.74, 6) is -0.116. The van der Waals surface area contributed by atoms with Crippen LogP contribution in [0.2, 0.25) is 0 Å². The second-order valence-corrected chi connectivity index (χ2v) is 4.23. The Bertz CT molecular complexity index is 458. The van der Waals surface area contributed by atoms with Gasteiger partial charge in [-0.15, -0.1) is 0 Å². The third kappa shape index (κ3) is 3.00. The fourth-order valence-corrected chi connectivity index (χ4v) is 1.31. The number of hydrogen-bond donors (Lipinski definition) is 1. The molecule has 0 saturated carbocycles. The Labute approximate surface area is 101 Å². The highest BCUT2D eigenvalue weighted by Crippen LogP contribution is 2.21. The highest BCUT2D eigenvalue weighted by molar-refractivity contribution is 5.95. The monoisotopic (exact) mass is 232 g/mol. The van der Waals surface area contributed by atoms with Gasteiger partial charge in [-0.2, -0.15) is 5.26 Å². The number of hydrogen-bond acceptors (Lipinski definition) is 4. The van der Waals surface area contributed by atoms with Crippen LogP contribution in [-0.2, 0) is 4.79 Å². The van der Waals surface area contributed by atoms with Gasteiger partial charge in [-0.25, -0.2) is 9.97 Å². The first-order chi connectivity index (χ1) is 7.91. The number of aryl methyl sites for hydroxylation is 2. The predicted octanol–water partition coefficient (Wildman–Crippen LogP) is 1.97. The highest BCUT2D eigenvalue weighted by atomic mass is 16.2. The Morgan fingerprint density at radius 3 is 2.41 bits per heavy atom. The molecule has 0 aliphatic heterocycles. The van der Waals surface area contributed by atoms with Gasteiger partial charge in [0.2, 0.25) is 11.9 Å². The van der Waals surface area contributed by atoms with Crippen molar-refractivity contribution < 1.29 is 4.79 Å². The minimum absolute atomic E-state index is 0.252. The van der Waals surface area contributed by atoms with Gasteiger partial charge in [-0.3, -0.25) is 10.1 Å². The van der Waals surface area contributed by atoms with Crippen LogP contribution in [0.1, 0.15) is 31.7 Å². The molecule has 0 saturated heterocycles. The van der Waals surface area contributed by atoms with E-state index < -0.39 is 5.41 Å². The molecule has 0 aliphatic rings. The van der Waals surface area contributed by atoms with Crippen molar-refractivity contribution in [3.8, 4) is 6.07 Å². The first-order valence-corrected chi connectivity index (χ1v) is 5.46. The zero-order valence-corrected chi connectivity index (χ0v) is 10.5. The van der Waals surface area contributed by atoms with Gasteiger partial charge in [0.15, 0.2) is 0 Å². The molecule has 5 nitrogen and oxygen atoms in total. The summed E-state index contributed by atoms with van der Waals surface area (Å²) >= 11 is 0. The minimum atomic E-state index is -1.04. The molecule has 1 unspecified atom stereocenters. The van der Waals surface area contributed by atoms with E-state index in [0.717, 1.165) is 11.4 Å². The molecule has 1 amide bonds. The van der Waals surface area contributed by atoms with Crippen LogP contribution in [0.4, 0.5) is 5.95 Å². The lowest BCUT2D eigenvalue weighted by Crippen LogP contribution is -2.32. The second-order valence-electron chi connectivity index (χ2n) is 4.23. The number of nitrogens with one attached hydrogen (secondary N) is 1. The Hall–Kier alpha value is -1.96. The van der Waals surface area contributed by atoms with Crippen molar-refractivity contribution in [2.45, 2.75) is 34.1 Å². The van der Waals surface area contributed by atoms with Crippen LogP contribution in [0.5, 0.6) is 0 Å². The van der Waals surface area contributed by atoms with E-state index in [0.29, 0.717) is 6.42 Å². The molecule has 5 heteroatoms. The number of rotatable bonds is 3. The maximum Gasteiger partial charge on any atom is 0.246 e. The average molecular weight is 232 g/mol. The molecule has 1 rings (SSSR count). The van der Waals surface area contributed by atoms with E-state index in [4.69, 9.17) is 5.26 Å². The van der Waals surface area contributed by atoms with Gasteiger partial charge in [0.1, 0.15) is 5.41 Å². The van der Waals surface area contributed by atoms with Crippen molar-refractivity contribution in [1.29, 1.82) is 5.26 Å². The number of nitrogens with zero attached hydrogens (tertiary/aromatic N) is 3. The zero-order chi connectivity index (χ0) is 13.1. The van der Waals surface area contributed by atoms with Crippen molar-refractivity contribution in [1.82, 2.24) is 9.97 Å². The summed E-state index contributed by atoms with van der Waals surface area (Å²) < 4.78 is 0. The van der Waals surface area contributed by atoms with Gasteiger partial charge >= 0.3 is 0 Å². The third-order valence-electron chi connectivity index (χ3n) is 2.66. The molecule has 0 fully saturated rings. The Morgan fingerprint density at radius 2 is 2.00 bits per heavy atom. The summed E-state index contributed by atoms with van der Waals surface area (Å²) in [4.78, 5) is 20.1. The average Bonchev–Trinajstić information content (AvgIpc) is 2.26. The molecule has 0 radical (unpaired) electrons. The molecular formula is C12H16N4O. The van der Waals surface area contributed by atoms with Gasteiger partial charge < -0.3 is 0 Å². The van der Waals surface area contributed by atoms with Gasteiger partial charge in [0.05, 0.1) is 6.07 Å². The summed E-state index contributed by atoms with van der Waals surface area (Å²) in [5, 5.41) is 11.6. The molecule has 1 N–H and O–H groups in total. The lowest BCUT2D eigenvalue weighted by Gasteiger charge is -2.17. The van der Waals surface area contributed by atoms with Gasteiger partial charge in [-0.05, 0) is 33.3 Å². The van der Waals surface area contributed by atoms with Crippen molar-refractivity contribution >= 4 is 11.9 Å². The molecule has 17 heavy (non-hydrogen) atoms. The van der Waals surface area contributed by atoms with E-state index >= 15 is 0 Å². The SMILES string of the molecule is CCC(C)(C#N)C(=O)Nc1nc(C)cc(C)n1. The molecule has 0 aliphatic carbocycles. The second kappa shape index (κ2) is 4.91. The Morgan fingerprint density at radius 1 is 1.47 bits per heavy atom. The molecule has 90 valence electrons. The molecule has 0 aromatic carbocycles. The lowest BCUT2D eigenvalue weighted by atomic mass is 9.88. The maximum atomic E-state index is 11.9. The van der Waals surface area contributed by atoms with E-state index in [1.807, 2.05) is 26.0 Å². The fourth-order valence-electron chi connectivity index (χ4n) is 1.31. The van der Waals surface area contributed by atoms with E-state index in [9.17, 15) is 4.79 Å². The van der Waals surface area contributed by atoms with E-state index in [1.165, 1.54) is 0 Å². The van der Waals surface area contributed by atoms with Gasteiger partial charge in [-0.1, -0.05) is 6.92 Å². The quantitative estimate of drug-likeness (QED) is 0.864. The predicted molar refractivity (Wildman–Crippen MR) is 64.1 cm³/mol. The molecule has 1 atom stereocenters. The summed E-state index contributed by atoms with van der Waals surface area (Å²) in [5.41, 5.74) is 0.520. The highest BCUT2D eigenvalue weighted by Gasteiger charge is 2.31. The van der Waals surface area contributed by atoms with Crippen molar-refractivity contribution in [2.24, 2.45) is 5.41 Å². The van der Waals surface area contributed by atoms with Crippen LogP contribution in [-0.4, -0.2) is 15.9 Å². The third-order valence-corrected chi connectivity index (χ3v) is 2.66. The van der Waals surface area contributed by atoms with Crippen LogP contribution < -0.4 is 5.32 Å². The largest absolute Gasteiger partial charge is 0.293 e. The number of aromatic nitrogens is 2. The molecule has 0 bridgehead atoms. The summed E-state index contributed by atoms with van der Waals surface area (Å²) in [7, 11) is 0. The standard InChI is InChI=1S/C12H16N4O/c1-5-12(4,7-13)10(17)16-11-14-8(2)6-9(3)15-11/h6H,5H2,1-4H3,(H,14,15,16,17). The molecular weight excluding hydrogens is 216 g/mol. The summed E-state index contributed by atoms with van der Waals surface area (Å²) in [6.45, 7) is 7.05. The van der Waals surface area contributed by atoms with Crippen LogP contribution in [0.25, 0.3) is 0 Å². The van der Waals surface area contributed by atoms with E-state index in [2.05, 4.69) is 15.3 Å². The number of amides is 1. The van der Waals surface area contributed by atoms with E-state index in [-0.39, 0.29) is 11.9 Å². The zero-order valence-electron chi connectivity index (χ0n) is 10.5.